The van der Waals surface area contributed by atoms with Gasteiger partial charge in [0.2, 0.25) is 5.91 Å². The Morgan fingerprint density at radius 3 is 2.10 bits per heavy atom. The van der Waals surface area contributed by atoms with Crippen LogP contribution in [0.5, 0.6) is 5.75 Å². The van der Waals surface area contributed by atoms with Crippen LogP contribution in [-0.4, -0.2) is 40.9 Å². The number of amides is 1. The predicted molar refractivity (Wildman–Crippen MR) is 106 cm³/mol. The molecule has 0 bridgehead atoms. The first kappa shape index (κ1) is 20.5. The van der Waals surface area contributed by atoms with E-state index in [-0.39, 0.29) is 18.2 Å². The van der Waals surface area contributed by atoms with Crippen molar-refractivity contribution in [1.82, 2.24) is 4.90 Å². The number of piperidine rings is 1. The zero-order chi connectivity index (χ0) is 20.8. The molecule has 2 aromatic carbocycles. The van der Waals surface area contributed by atoms with Gasteiger partial charge in [-0.15, -0.1) is 0 Å². The maximum atomic E-state index is 12.4. The summed E-state index contributed by atoms with van der Waals surface area (Å²) >= 11 is 0. The van der Waals surface area contributed by atoms with Gasteiger partial charge in [0.25, 0.3) is 0 Å². The van der Waals surface area contributed by atoms with Gasteiger partial charge < -0.3 is 20.5 Å². The first-order chi connectivity index (χ1) is 14.0. The molecule has 1 saturated heterocycles. The van der Waals surface area contributed by atoms with Gasteiger partial charge in [0, 0.05) is 19.6 Å². The number of carbonyl (C=O) groups excluding carboxylic acids is 2. The number of nitrogens with two attached hydrogens (primary N) is 1. The second kappa shape index (κ2) is 9.34. The predicted octanol–water partition coefficient (Wildman–Crippen LogP) is 2.23. The number of nitrogens with zero attached hydrogens (tertiary/aromatic N) is 1. The molecule has 1 aliphatic rings. The van der Waals surface area contributed by atoms with Crippen LogP contribution in [0.25, 0.3) is 0 Å². The van der Waals surface area contributed by atoms with E-state index in [0.717, 1.165) is 11.1 Å². The molecule has 0 saturated carbocycles. The van der Waals surface area contributed by atoms with Gasteiger partial charge in [0.1, 0.15) is 5.75 Å². The fraction of sp³-hybridized carbons (Fsp3) is 0.318. The summed E-state index contributed by atoms with van der Waals surface area (Å²) in [6, 6.07) is 13.7. The summed E-state index contributed by atoms with van der Waals surface area (Å²) in [5, 5.41) is 9.04. The highest BCUT2D eigenvalue weighted by atomic mass is 16.5. The van der Waals surface area contributed by atoms with Crippen LogP contribution in [0.4, 0.5) is 0 Å². The van der Waals surface area contributed by atoms with Crippen molar-refractivity contribution >= 4 is 17.8 Å². The minimum absolute atomic E-state index is 0.0291. The molecule has 7 nitrogen and oxygen atoms in total. The van der Waals surface area contributed by atoms with E-state index in [1.54, 1.807) is 53.4 Å². The van der Waals surface area contributed by atoms with E-state index in [9.17, 15) is 14.4 Å². The van der Waals surface area contributed by atoms with Crippen LogP contribution in [-0.2, 0) is 22.6 Å². The number of rotatable bonds is 6. The molecular weight excluding hydrogens is 372 g/mol. The second-order valence-electron chi connectivity index (χ2n) is 7.10. The summed E-state index contributed by atoms with van der Waals surface area (Å²) in [6.45, 7) is 1.34. The molecule has 1 aliphatic heterocycles. The lowest BCUT2D eigenvalue weighted by Gasteiger charge is -2.30. The standard InChI is InChI=1S/C22H24N2O5/c23-14-16-1-5-18(6-2-16)22(28)29-19-7-3-15(4-8-19)13-20(25)24-11-9-17(10-12-24)21(26)27/h1-8,17H,9-14,23H2,(H,26,27). The van der Waals surface area contributed by atoms with Crippen molar-refractivity contribution in [2.45, 2.75) is 25.8 Å². The smallest absolute Gasteiger partial charge is 0.343 e. The molecule has 0 aromatic heterocycles. The molecule has 2 aromatic rings. The maximum absolute atomic E-state index is 12.4. The Morgan fingerprint density at radius 1 is 0.966 bits per heavy atom. The summed E-state index contributed by atoms with van der Waals surface area (Å²) in [6.07, 6.45) is 1.21. The van der Waals surface area contributed by atoms with Crippen molar-refractivity contribution in [2.24, 2.45) is 11.7 Å². The highest BCUT2D eigenvalue weighted by Crippen LogP contribution is 2.19. The van der Waals surface area contributed by atoms with Gasteiger partial charge in [0.15, 0.2) is 0 Å². The molecule has 0 aliphatic carbocycles. The molecule has 0 unspecified atom stereocenters. The third-order valence-corrected chi connectivity index (χ3v) is 5.11. The normalized spacial score (nSPS) is 14.4. The molecule has 7 heteroatoms. The number of likely N-dealkylation sites (tertiary alicyclic amines) is 1. The van der Waals surface area contributed by atoms with E-state index in [1.165, 1.54) is 0 Å². The molecule has 3 N–H and O–H groups in total. The van der Waals surface area contributed by atoms with Gasteiger partial charge >= 0.3 is 11.9 Å². The van der Waals surface area contributed by atoms with E-state index < -0.39 is 11.9 Å². The third kappa shape index (κ3) is 5.42. The fourth-order valence-corrected chi connectivity index (χ4v) is 3.28. The lowest BCUT2D eigenvalue weighted by atomic mass is 9.96. The van der Waals surface area contributed by atoms with Crippen LogP contribution < -0.4 is 10.5 Å². The van der Waals surface area contributed by atoms with Gasteiger partial charge in [0.05, 0.1) is 17.9 Å². The summed E-state index contributed by atoms with van der Waals surface area (Å²) in [4.78, 5) is 37.3. The Morgan fingerprint density at radius 2 is 1.55 bits per heavy atom. The summed E-state index contributed by atoms with van der Waals surface area (Å²) < 4.78 is 5.36. The van der Waals surface area contributed by atoms with Crippen molar-refractivity contribution in [2.75, 3.05) is 13.1 Å². The zero-order valence-electron chi connectivity index (χ0n) is 16.0. The van der Waals surface area contributed by atoms with E-state index in [4.69, 9.17) is 15.6 Å². The molecule has 1 fully saturated rings. The SMILES string of the molecule is NCc1ccc(C(=O)Oc2ccc(CC(=O)N3CCC(C(=O)O)CC3)cc2)cc1. The van der Waals surface area contributed by atoms with Crippen LogP contribution in [0.15, 0.2) is 48.5 Å². The van der Waals surface area contributed by atoms with Crippen molar-refractivity contribution < 1.29 is 24.2 Å². The number of esters is 1. The van der Waals surface area contributed by atoms with Gasteiger partial charge in [-0.2, -0.15) is 0 Å². The van der Waals surface area contributed by atoms with Crippen LogP contribution >= 0.6 is 0 Å². The Balaban J connectivity index is 1.52. The van der Waals surface area contributed by atoms with E-state index in [2.05, 4.69) is 0 Å². The van der Waals surface area contributed by atoms with Gasteiger partial charge in [-0.1, -0.05) is 24.3 Å². The molecule has 0 radical (unpaired) electrons. The summed E-state index contributed by atoms with van der Waals surface area (Å²) in [5.74, 6) is -1.24. The molecule has 29 heavy (non-hydrogen) atoms. The number of ether oxygens (including phenoxy) is 1. The second-order valence-corrected chi connectivity index (χ2v) is 7.10. The lowest BCUT2D eigenvalue weighted by Crippen LogP contribution is -2.40. The van der Waals surface area contributed by atoms with Crippen LogP contribution in [0.1, 0.15) is 34.3 Å². The average Bonchev–Trinajstić information content (AvgIpc) is 2.75. The molecular formula is C22H24N2O5. The van der Waals surface area contributed by atoms with E-state index >= 15 is 0 Å². The summed E-state index contributed by atoms with van der Waals surface area (Å²) in [5.41, 5.74) is 7.72. The Kier molecular flexibility index (Phi) is 6.61. The molecule has 1 amide bonds. The van der Waals surface area contributed by atoms with Gasteiger partial charge in [-0.3, -0.25) is 9.59 Å². The van der Waals surface area contributed by atoms with E-state index in [0.29, 0.717) is 43.8 Å². The Bertz CT molecular complexity index is 869. The fourth-order valence-electron chi connectivity index (χ4n) is 3.28. The van der Waals surface area contributed by atoms with Gasteiger partial charge in [-0.05, 0) is 48.2 Å². The highest BCUT2D eigenvalue weighted by Gasteiger charge is 2.26. The minimum atomic E-state index is -0.794. The molecule has 0 atom stereocenters. The molecule has 152 valence electrons. The number of aliphatic carboxylic acids is 1. The lowest BCUT2D eigenvalue weighted by molar-refractivity contribution is -0.145. The van der Waals surface area contributed by atoms with Crippen LogP contribution in [0.2, 0.25) is 0 Å². The number of carboxylic acids is 1. The quantitative estimate of drug-likeness (QED) is 0.572. The number of hydrogen-bond acceptors (Lipinski definition) is 5. The van der Waals surface area contributed by atoms with Crippen molar-refractivity contribution in [3.8, 4) is 5.75 Å². The number of carboxylic acid groups (broad SMARTS) is 1. The Hall–Kier alpha value is -3.19. The first-order valence-corrected chi connectivity index (χ1v) is 9.57. The Labute approximate surface area is 169 Å². The van der Waals surface area contributed by atoms with Crippen LogP contribution in [0, 0.1) is 5.92 Å². The third-order valence-electron chi connectivity index (χ3n) is 5.11. The molecule has 1 heterocycles. The molecule has 0 spiro atoms. The van der Waals surface area contributed by atoms with Crippen LogP contribution in [0.3, 0.4) is 0 Å². The van der Waals surface area contributed by atoms with Crippen molar-refractivity contribution in [3.63, 3.8) is 0 Å². The first-order valence-electron chi connectivity index (χ1n) is 9.57. The van der Waals surface area contributed by atoms with Crippen molar-refractivity contribution in [1.29, 1.82) is 0 Å². The number of hydrogen-bond donors (Lipinski definition) is 2. The minimum Gasteiger partial charge on any atom is -0.481 e. The monoisotopic (exact) mass is 396 g/mol. The van der Waals surface area contributed by atoms with E-state index in [1.807, 2.05) is 0 Å². The largest absolute Gasteiger partial charge is 0.481 e. The number of carbonyl (C=O) groups is 3. The number of benzene rings is 2. The topological polar surface area (TPSA) is 110 Å². The van der Waals surface area contributed by atoms with Gasteiger partial charge in [-0.25, -0.2) is 4.79 Å². The summed E-state index contributed by atoms with van der Waals surface area (Å²) in [7, 11) is 0. The zero-order valence-corrected chi connectivity index (χ0v) is 16.0. The maximum Gasteiger partial charge on any atom is 0.343 e. The average molecular weight is 396 g/mol. The highest BCUT2D eigenvalue weighted by molar-refractivity contribution is 5.91. The van der Waals surface area contributed by atoms with Crippen molar-refractivity contribution in [3.05, 3.63) is 65.2 Å². The molecule has 3 rings (SSSR count).